The van der Waals surface area contributed by atoms with E-state index in [-0.39, 0.29) is 17.3 Å². The predicted molar refractivity (Wildman–Crippen MR) is 91.0 cm³/mol. The molecule has 0 atom stereocenters. The van der Waals surface area contributed by atoms with E-state index in [1.807, 2.05) is 0 Å². The Kier molecular flexibility index (Phi) is 4.22. The van der Waals surface area contributed by atoms with E-state index in [4.69, 9.17) is 0 Å². The minimum absolute atomic E-state index is 0.112. The van der Waals surface area contributed by atoms with Crippen molar-refractivity contribution in [3.63, 3.8) is 0 Å². The van der Waals surface area contributed by atoms with Crippen LogP contribution in [0.4, 0.5) is 10.1 Å². The Morgan fingerprint density at radius 3 is 2.46 bits per heavy atom. The Morgan fingerprint density at radius 2 is 1.79 bits per heavy atom. The number of non-ortho nitro benzene ring substituents is 1. The van der Waals surface area contributed by atoms with Crippen LogP contribution in [0.1, 0.15) is 20.8 Å². The number of rotatable bonds is 4. The van der Waals surface area contributed by atoms with Gasteiger partial charge in [-0.3, -0.25) is 14.9 Å². The van der Waals surface area contributed by atoms with Crippen molar-refractivity contribution < 1.29 is 14.1 Å². The summed E-state index contributed by atoms with van der Waals surface area (Å²) >= 11 is 1.28. The smallest absolute Gasteiger partial charge is 0.270 e. The van der Waals surface area contributed by atoms with Gasteiger partial charge in [0, 0.05) is 22.6 Å². The fourth-order valence-electron chi connectivity index (χ4n) is 2.33. The third kappa shape index (κ3) is 3.09. The Hall–Kier alpha value is -2.86. The number of halogens is 1. The van der Waals surface area contributed by atoms with Crippen molar-refractivity contribution in [1.29, 1.82) is 0 Å². The van der Waals surface area contributed by atoms with Crippen LogP contribution in [0.25, 0.3) is 10.4 Å². The number of hydrogen-bond acceptors (Lipinski definition) is 4. The van der Waals surface area contributed by atoms with E-state index in [9.17, 15) is 19.3 Å². The molecule has 0 bridgehead atoms. The summed E-state index contributed by atoms with van der Waals surface area (Å²) in [7, 11) is 0. The van der Waals surface area contributed by atoms with Crippen molar-refractivity contribution in [2.75, 3.05) is 0 Å². The molecule has 0 amide bonds. The van der Waals surface area contributed by atoms with Crippen molar-refractivity contribution in [3.05, 3.63) is 86.5 Å². The lowest BCUT2D eigenvalue weighted by atomic mass is 10.0. The molecule has 3 aromatic rings. The Bertz CT molecular complexity index is 932. The van der Waals surface area contributed by atoms with Crippen LogP contribution in [0.3, 0.4) is 0 Å². The molecular weight excluding hydrogens is 329 g/mol. The molecule has 0 aliphatic carbocycles. The van der Waals surface area contributed by atoms with E-state index in [0.29, 0.717) is 16.0 Å². The highest BCUT2D eigenvalue weighted by atomic mass is 32.1. The number of aryl methyl sites for hydroxylation is 1. The summed E-state index contributed by atoms with van der Waals surface area (Å²) in [6.07, 6.45) is 0. The maximum Gasteiger partial charge on any atom is 0.270 e. The lowest BCUT2D eigenvalue weighted by Crippen LogP contribution is -2.02. The normalized spacial score (nSPS) is 10.6. The molecule has 24 heavy (non-hydrogen) atoms. The van der Waals surface area contributed by atoms with Crippen molar-refractivity contribution in [2.24, 2.45) is 0 Å². The largest absolute Gasteiger partial charge is 0.288 e. The topological polar surface area (TPSA) is 60.2 Å². The number of ketones is 1. The minimum atomic E-state index is -0.519. The molecule has 3 rings (SSSR count). The highest BCUT2D eigenvalue weighted by molar-refractivity contribution is 7.17. The first-order chi connectivity index (χ1) is 11.5. The molecule has 1 heterocycles. The van der Waals surface area contributed by atoms with E-state index in [0.717, 1.165) is 10.4 Å². The lowest BCUT2D eigenvalue weighted by molar-refractivity contribution is -0.384. The van der Waals surface area contributed by atoms with E-state index < -0.39 is 4.92 Å². The van der Waals surface area contributed by atoms with Gasteiger partial charge in [0.05, 0.1) is 9.80 Å². The quantitative estimate of drug-likeness (QED) is 0.381. The number of hydrogen-bond donors (Lipinski definition) is 0. The van der Waals surface area contributed by atoms with Gasteiger partial charge in [-0.05, 0) is 42.3 Å². The lowest BCUT2D eigenvalue weighted by Gasteiger charge is -2.03. The van der Waals surface area contributed by atoms with Gasteiger partial charge >= 0.3 is 0 Å². The molecule has 0 saturated carbocycles. The van der Waals surface area contributed by atoms with Crippen molar-refractivity contribution >= 4 is 22.8 Å². The molecule has 0 saturated heterocycles. The number of nitrogens with zero attached hydrogens (tertiary/aromatic N) is 1. The van der Waals surface area contributed by atoms with Crippen LogP contribution in [0, 0.1) is 22.9 Å². The first-order valence-electron chi connectivity index (χ1n) is 7.11. The maximum atomic E-state index is 13.0. The van der Waals surface area contributed by atoms with E-state index in [2.05, 4.69) is 0 Å². The number of nitro groups is 1. The molecule has 0 radical (unpaired) electrons. The minimum Gasteiger partial charge on any atom is -0.288 e. The molecular formula is C18H12FNO3S. The van der Waals surface area contributed by atoms with Crippen LogP contribution in [0.15, 0.2) is 54.6 Å². The maximum absolute atomic E-state index is 13.0. The van der Waals surface area contributed by atoms with Crippen LogP contribution in [-0.2, 0) is 0 Å². The van der Waals surface area contributed by atoms with Gasteiger partial charge in [0.15, 0.2) is 0 Å². The fraction of sp³-hybridized carbons (Fsp3) is 0.0556. The summed E-state index contributed by atoms with van der Waals surface area (Å²) in [4.78, 5) is 24.4. The van der Waals surface area contributed by atoms with Gasteiger partial charge in [0.2, 0.25) is 5.78 Å². The molecule has 1 aromatic heterocycles. The zero-order valence-electron chi connectivity index (χ0n) is 12.7. The molecule has 0 fully saturated rings. The number of carbonyl (C=O) groups excluding carboxylic acids is 1. The second-order valence-electron chi connectivity index (χ2n) is 5.26. The second-order valence-corrected chi connectivity index (χ2v) is 6.34. The molecule has 6 heteroatoms. The third-order valence-corrected chi connectivity index (χ3v) is 4.77. The van der Waals surface area contributed by atoms with Crippen LogP contribution >= 0.6 is 11.3 Å². The van der Waals surface area contributed by atoms with E-state index in [1.165, 1.54) is 35.6 Å². The Labute approximate surface area is 141 Å². The standard InChI is InChI=1S/C18H12FNO3S/c1-11-2-7-14(20(22)23)10-15(11)18(21)17-9-8-16(24-17)12-3-5-13(19)6-4-12/h2-10H,1H3. The number of thiophene rings is 1. The monoisotopic (exact) mass is 341 g/mol. The molecule has 2 aromatic carbocycles. The zero-order chi connectivity index (χ0) is 17.3. The van der Waals surface area contributed by atoms with Gasteiger partial charge in [-0.2, -0.15) is 0 Å². The summed E-state index contributed by atoms with van der Waals surface area (Å²) in [5.74, 6) is -0.576. The summed E-state index contributed by atoms with van der Waals surface area (Å²) in [6, 6.07) is 13.7. The van der Waals surface area contributed by atoms with Crippen molar-refractivity contribution in [2.45, 2.75) is 6.92 Å². The average molecular weight is 341 g/mol. The third-order valence-electron chi connectivity index (χ3n) is 3.64. The highest BCUT2D eigenvalue weighted by Gasteiger charge is 2.18. The molecule has 0 aliphatic rings. The molecule has 120 valence electrons. The molecule has 0 unspecified atom stereocenters. The number of benzene rings is 2. The Morgan fingerprint density at radius 1 is 1.08 bits per heavy atom. The van der Waals surface area contributed by atoms with E-state index >= 15 is 0 Å². The first-order valence-corrected chi connectivity index (χ1v) is 7.93. The number of carbonyl (C=O) groups is 1. The SMILES string of the molecule is Cc1ccc([N+](=O)[O-])cc1C(=O)c1ccc(-c2ccc(F)cc2)s1. The van der Waals surface area contributed by atoms with Crippen molar-refractivity contribution in [3.8, 4) is 10.4 Å². The summed E-state index contributed by atoms with van der Waals surface area (Å²) in [5.41, 5.74) is 1.70. The van der Waals surface area contributed by atoms with Gasteiger partial charge in [-0.1, -0.05) is 18.2 Å². The van der Waals surface area contributed by atoms with Gasteiger partial charge < -0.3 is 0 Å². The zero-order valence-corrected chi connectivity index (χ0v) is 13.5. The predicted octanol–water partition coefficient (Wildman–Crippen LogP) is 5.00. The van der Waals surface area contributed by atoms with Crippen molar-refractivity contribution in [1.82, 2.24) is 0 Å². The second kappa shape index (κ2) is 6.33. The van der Waals surface area contributed by atoms with Gasteiger partial charge in [-0.15, -0.1) is 11.3 Å². The first kappa shape index (κ1) is 16.0. The van der Waals surface area contributed by atoms with Gasteiger partial charge in [-0.25, -0.2) is 4.39 Å². The van der Waals surface area contributed by atoms with Gasteiger partial charge in [0.25, 0.3) is 5.69 Å². The number of nitro benzene ring substituents is 1. The Balaban J connectivity index is 1.95. The van der Waals surface area contributed by atoms with Crippen LogP contribution in [0.5, 0.6) is 0 Å². The highest BCUT2D eigenvalue weighted by Crippen LogP contribution is 2.30. The average Bonchev–Trinajstić information content (AvgIpc) is 3.05. The van der Waals surface area contributed by atoms with Crippen LogP contribution < -0.4 is 0 Å². The molecule has 0 spiro atoms. The van der Waals surface area contributed by atoms with Crippen LogP contribution in [-0.4, -0.2) is 10.7 Å². The fourth-order valence-corrected chi connectivity index (χ4v) is 3.30. The summed E-state index contributed by atoms with van der Waals surface area (Å²) in [5, 5.41) is 10.9. The summed E-state index contributed by atoms with van der Waals surface area (Å²) < 4.78 is 13.0. The molecule has 0 N–H and O–H groups in total. The molecule has 4 nitrogen and oxygen atoms in total. The van der Waals surface area contributed by atoms with E-state index in [1.54, 1.807) is 37.3 Å². The van der Waals surface area contributed by atoms with Crippen LogP contribution in [0.2, 0.25) is 0 Å². The van der Waals surface area contributed by atoms with Gasteiger partial charge in [0.1, 0.15) is 5.82 Å². The summed E-state index contributed by atoms with van der Waals surface area (Å²) in [6.45, 7) is 1.74. The molecule has 0 aliphatic heterocycles.